The van der Waals surface area contributed by atoms with E-state index >= 15 is 0 Å². The van der Waals surface area contributed by atoms with Gasteiger partial charge in [-0.05, 0) is 67.6 Å². The second-order valence-corrected chi connectivity index (χ2v) is 7.15. The summed E-state index contributed by atoms with van der Waals surface area (Å²) in [6, 6.07) is 22.7. The number of hydrogen-bond acceptors (Lipinski definition) is 6. The highest BCUT2D eigenvalue weighted by Crippen LogP contribution is 2.22. The van der Waals surface area contributed by atoms with Gasteiger partial charge in [-0.3, -0.25) is 9.59 Å². The average molecular weight is 447 g/mol. The van der Waals surface area contributed by atoms with Crippen molar-refractivity contribution in [1.29, 1.82) is 0 Å². The molecule has 1 unspecified atom stereocenters. The van der Waals surface area contributed by atoms with Gasteiger partial charge in [-0.25, -0.2) is 4.79 Å². The molecule has 0 fully saturated rings. The number of esters is 1. The van der Waals surface area contributed by atoms with Gasteiger partial charge in [-0.2, -0.15) is 0 Å². The molecule has 7 nitrogen and oxygen atoms in total. The number of anilines is 1. The molecule has 0 bridgehead atoms. The molecule has 7 heteroatoms. The Kier molecular flexibility index (Phi) is 8.18. The van der Waals surface area contributed by atoms with E-state index in [2.05, 4.69) is 5.32 Å². The summed E-state index contributed by atoms with van der Waals surface area (Å²) in [4.78, 5) is 36.0. The molecule has 3 rings (SSSR count). The minimum atomic E-state index is -1.01. The molecule has 0 heterocycles. The summed E-state index contributed by atoms with van der Waals surface area (Å²) >= 11 is 0. The topological polar surface area (TPSA) is 90.9 Å². The van der Waals surface area contributed by atoms with Crippen molar-refractivity contribution in [3.8, 4) is 17.2 Å². The van der Waals surface area contributed by atoms with Crippen LogP contribution in [-0.4, -0.2) is 30.4 Å². The Balaban J connectivity index is 1.44. The van der Waals surface area contributed by atoms with E-state index in [1.165, 1.54) is 6.92 Å². The van der Waals surface area contributed by atoms with Crippen LogP contribution in [0.2, 0.25) is 0 Å². The first kappa shape index (κ1) is 23.5. The Morgan fingerprint density at radius 1 is 0.818 bits per heavy atom. The second-order valence-electron chi connectivity index (χ2n) is 7.15. The molecule has 1 atom stereocenters. The highest BCUT2D eigenvalue weighted by atomic mass is 16.6. The normalized spacial score (nSPS) is 11.2. The van der Waals surface area contributed by atoms with Crippen LogP contribution in [0.25, 0.3) is 0 Å². The Morgan fingerprint density at radius 2 is 1.42 bits per heavy atom. The zero-order valence-electron chi connectivity index (χ0n) is 18.4. The number of Topliss-reactive ketones (excluding diaryl/α,β-unsaturated/α-hetero) is 1. The van der Waals surface area contributed by atoms with E-state index in [0.717, 1.165) is 0 Å². The van der Waals surface area contributed by atoms with E-state index in [1.54, 1.807) is 55.5 Å². The van der Waals surface area contributed by atoms with Gasteiger partial charge in [-0.1, -0.05) is 25.1 Å². The molecule has 3 aromatic carbocycles. The third kappa shape index (κ3) is 7.21. The molecular formula is C26H25NO6. The predicted octanol–water partition coefficient (Wildman–Crippen LogP) is 5.02. The molecule has 0 aliphatic rings. The molecular weight excluding hydrogens is 422 g/mol. The Bertz CT molecular complexity index is 1080. The lowest BCUT2D eigenvalue weighted by Crippen LogP contribution is -2.31. The first-order valence-corrected chi connectivity index (χ1v) is 10.5. The molecule has 170 valence electrons. The van der Waals surface area contributed by atoms with Crippen LogP contribution in [0.5, 0.6) is 17.2 Å². The van der Waals surface area contributed by atoms with E-state index in [9.17, 15) is 14.4 Å². The number of amides is 1. The maximum atomic E-state index is 12.3. The number of carbonyl (C=O) groups is 3. The monoisotopic (exact) mass is 447 g/mol. The van der Waals surface area contributed by atoms with Crippen molar-refractivity contribution in [2.75, 3.05) is 11.9 Å². The van der Waals surface area contributed by atoms with Gasteiger partial charge < -0.3 is 19.5 Å². The number of benzene rings is 3. The van der Waals surface area contributed by atoms with E-state index in [1.807, 2.05) is 30.3 Å². The lowest BCUT2D eigenvalue weighted by molar-refractivity contribution is -0.155. The van der Waals surface area contributed by atoms with E-state index in [-0.39, 0.29) is 12.4 Å². The van der Waals surface area contributed by atoms with Gasteiger partial charge in [0.1, 0.15) is 17.2 Å². The Hall–Kier alpha value is -4.13. The number of carbonyl (C=O) groups excluding carboxylic acids is 3. The lowest BCUT2D eigenvalue weighted by atomic mass is 10.1. The maximum Gasteiger partial charge on any atom is 0.344 e. The molecule has 1 amide bonds. The van der Waals surface area contributed by atoms with Crippen LogP contribution in [0.3, 0.4) is 0 Å². The number of rotatable bonds is 10. The van der Waals surface area contributed by atoms with Crippen molar-refractivity contribution in [3.63, 3.8) is 0 Å². The van der Waals surface area contributed by atoms with Gasteiger partial charge in [-0.15, -0.1) is 0 Å². The summed E-state index contributed by atoms with van der Waals surface area (Å²) in [6.45, 7) is 2.91. The van der Waals surface area contributed by atoms with Crippen molar-refractivity contribution in [2.24, 2.45) is 0 Å². The quantitative estimate of drug-likeness (QED) is 0.347. The largest absolute Gasteiger partial charge is 0.482 e. The Labute approximate surface area is 192 Å². The molecule has 0 aliphatic heterocycles. The molecule has 33 heavy (non-hydrogen) atoms. The second kappa shape index (κ2) is 11.5. The summed E-state index contributed by atoms with van der Waals surface area (Å²) in [5.41, 5.74) is 1.12. The fraction of sp³-hybridized carbons (Fsp3) is 0.192. The van der Waals surface area contributed by atoms with Crippen molar-refractivity contribution in [3.05, 3.63) is 84.4 Å². The zero-order valence-corrected chi connectivity index (χ0v) is 18.4. The molecule has 3 aromatic rings. The van der Waals surface area contributed by atoms with Crippen LogP contribution in [0.4, 0.5) is 5.69 Å². The summed E-state index contributed by atoms with van der Waals surface area (Å²) < 4.78 is 16.2. The average Bonchev–Trinajstić information content (AvgIpc) is 2.84. The molecule has 0 aliphatic carbocycles. The molecule has 0 spiro atoms. The molecule has 1 N–H and O–H groups in total. The molecule has 0 saturated heterocycles. The molecule has 0 radical (unpaired) electrons. The highest BCUT2D eigenvalue weighted by Gasteiger charge is 2.18. The lowest BCUT2D eigenvalue weighted by Gasteiger charge is -2.14. The van der Waals surface area contributed by atoms with E-state index in [4.69, 9.17) is 14.2 Å². The number of para-hydroxylation sites is 1. The summed E-state index contributed by atoms with van der Waals surface area (Å²) in [5, 5.41) is 2.69. The van der Waals surface area contributed by atoms with Crippen molar-refractivity contribution < 1.29 is 28.6 Å². The van der Waals surface area contributed by atoms with Crippen LogP contribution in [0, 0.1) is 0 Å². The van der Waals surface area contributed by atoms with Crippen molar-refractivity contribution >= 4 is 23.3 Å². The van der Waals surface area contributed by atoms with Crippen LogP contribution < -0.4 is 14.8 Å². The molecule has 0 saturated carbocycles. The van der Waals surface area contributed by atoms with Crippen molar-refractivity contribution in [2.45, 2.75) is 26.4 Å². The number of ketones is 1. The number of nitrogens with one attached hydrogen (secondary N) is 1. The van der Waals surface area contributed by atoms with Crippen LogP contribution in [-0.2, 0) is 14.3 Å². The number of hydrogen-bond donors (Lipinski definition) is 1. The predicted molar refractivity (Wildman–Crippen MR) is 124 cm³/mol. The van der Waals surface area contributed by atoms with E-state index < -0.39 is 18.0 Å². The van der Waals surface area contributed by atoms with Crippen molar-refractivity contribution in [1.82, 2.24) is 0 Å². The van der Waals surface area contributed by atoms with Gasteiger partial charge in [0, 0.05) is 17.7 Å². The zero-order chi connectivity index (χ0) is 23.6. The maximum absolute atomic E-state index is 12.3. The first-order valence-electron chi connectivity index (χ1n) is 10.5. The van der Waals surface area contributed by atoms with Gasteiger partial charge in [0.25, 0.3) is 5.91 Å². The van der Waals surface area contributed by atoms with Crippen LogP contribution >= 0.6 is 0 Å². The summed E-state index contributed by atoms with van der Waals surface area (Å²) in [7, 11) is 0. The Morgan fingerprint density at radius 3 is 2.06 bits per heavy atom. The van der Waals surface area contributed by atoms with Gasteiger partial charge >= 0.3 is 5.97 Å². The summed E-state index contributed by atoms with van der Waals surface area (Å²) in [6.07, 6.45) is -0.594. The molecule has 0 aromatic heterocycles. The van der Waals surface area contributed by atoms with Crippen LogP contribution in [0.1, 0.15) is 30.6 Å². The highest BCUT2D eigenvalue weighted by molar-refractivity contribution is 5.96. The minimum absolute atomic E-state index is 0.0270. The third-order valence-corrected chi connectivity index (χ3v) is 4.63. The third-order valence-electron chi connectivity index (χ3n) is 4.63. The fourth-order valence-electron chi connectivity index (χ4n) is 2.84. The minimum Gasteiger partial charge on any atom is -0.482 e. The van der Waals surface area contributed by atoms with Crippen LogP contribution in [0.15, 0.2) is 78.9 Å². The van der Waals surface area contributed by atoms with E-state index in [0.29, 0.717) is 34.9 Å². The standard InChI is InChI=1S/C26H25NO6/c1-3-24(28)19-9-13-21(14-10-19)31-17-25(29)32-18(2)26(30)27-20-11-15-23(16-12-20)33-22-7-5-4-6-8-22/h4-16,18H,3,17H2,1-2H3,(H,27,30). The smallest absolute Gasteiger partial charge is 0.344 e. The van der Waals surface area contributed by atoms with Gasteiger partial charge in [0.2, 0.25) is 0 Å². The first-order chi connectivity index (χ1) is 15.9. The fourth-order valence-corrected chi connectivity index (χ4v) is 2.84. The summed E-state index contributed by atoms with van der Waals surface area (Å²) in [5.74, 6) is 0.638. The SMILES string of the molecule is CCC(=O)c1ccc(OCC(=O)OC(C)C(=O)Nc2ccc(Oc3ccccc3)cc2)cc1. The van der Waals surface area contributed by atoms with Gasteiger partial charge in [0.15, 0.2) is 18.5 Å². The van der Waals surface area contributed by atoms with Gasteiger partial charge in [0.05, 0.1) is 0 Å². The number of ether oxygens (including phenoxy) is 3.